The fourth-order valence-corrected chi connectivity index (χ4v) is 0. The minimum absolute atomic E-state index is 1.81. The summed E-state index contributed by atoms with van der Waals surface area (Å²) >= 11 is 0. The number of hydrogen-bond donors (Lipinski definition) is 1. The Balaban J connectivity index is 3.79. The van der Waals surface area contributed by atoms with Gasteiger partial charge in [-0.15, -0.1) is 0 Å². The smallest absolute Gasteiger partial charge is 0.266 e. The lowest BCUT2D eigenvalue weighted by molar-refractivity contribution is 0.0260. The Morgan fingerprint density at radius 3 is 1.71 bits per heavy atom. The molecule has 1 nitrogen and oxygen atoms in total. The zero-order valence-corrected chi connectivity index (χ0v) is 3.42. The van der Waals surface area contributed by atoms with Crippen molar-refractivity contribution in [2.45, 2.75) is 6.05 Å². The first-order chi connectivity index (χ1) is 2.94. The molecule has 0 aliphatic carbocycles. The quantitative estimate of drug-likeness (QED) is 0.502. The van der Waals surface area contributed by atoms with Crippen LogP contribution in [0, 0.1) is 0 Å². The lowest BCUT2D eigenvalue weighted by atomic mass is 10.5. The summed E-state index contributed by atoms with van der Waals surface area (Å²) in [4.78, 5) is 0. The highest BCUT2D eigenvalue weighted by atomic mass is 19.3. The van der Waals surface area contributed by atoms with Crippen LogP contribution in [0.1, 0.15) is 0 Å². The summed E-state index contributed by atoms with van der Waals surface area (Å²) in [5.41, 5.74) is 3.87. The molecule has 0 saturated heterocycles. The molecule has 0 atom stereocenters. The van der Waals surface area contributed by atoms with E-state index < -0.39 is 11.9 Å². The van der Waals surface area contributed by atoms with Crippen molar-refractivity contribution in [3.8, 4) is 0 Å². The van der Waals surface area contributed by atoms with E-state index in [1.165, 1.54) is 0 Å². The third-order valence-corrected chi connectivity index (χ3v) is 0.362. The Kier molecular flexibility index (Phi) is 1.42. The molecule has 2 N–H and O–H groups in total. The fourth-order valence-electron chi connectivity index (χ4n) is 0. The highest BCUT2D eigenvalue weighted by molar-refractivity contribution is 4.92. The number of rotatable bonds is 1. The van der Waals surface area contributed by atoms with Crippen LogP contribution in [0.5, 0.6) is 0 Å². The van der Waals surface area contributed by atoms with E-state index in [1.807, 2.05) is 0 Å². The third-order valence-electron chi connectivity index (χ3n) is 0.362. The van der Waals surface area contributed by atoms with Gasteiger partial charge in [-0.1, -0.05) is 6.58 Å². The van der Waals surface area contributed by atoms with E-state index in [4.69, 9.17) is 0 Å². The first-order valence-corrected chi connectivity index (χ1v) is 1.46. The normalized spacial score (nSPS) is 11.4. The van der Waals surface area contributed by atoms with Crippen molar-refractivity contribution >= 4 is 0 Å². The summed E-state index contributed by atoms with van der Waals surface area (Å²) in [6, 6.07) is -3.86. The van der Waals surface area contributed by atoms with Crippen LogP contribution in [0.3, 0.4) is 0 Å². The van der Waals surface area contributed by atoms with Crippen molar-refractivity contribution in [1.29, 1.82) is 0 Å². The Morgan fingerprint density at radius 1 is 1.57 bits per heavy atom. The van der Waals surface area contributed by atoms with E-state index >= 15 is 0 Å². The van der Waals surface area contributed by atoms with E-state index in [-0.39, 0.29) is 0 Å². The molecule has 0 amide bonds. The summed E-state index contributed by atoms with van der Waals surface area (Å²) < 4.78 is 33.4. The van der Waals surface area contributed by atoms with Crippen LogP contribution in [0.4, 0.5) is 13.2 Å². The van der Waals surface area contributed by atoms with Crippen LogP contribution in [-0.2, 0) is 0 Å². The van der Waals surface area contributed by atoms with Crippen LogP contribution in [0.15, 0.2) is 12.4 Å². The molecule has 0 aromatic carbocycles. The number of nitrogens with two attached hydrogens (primary N) is 1. The maximum atomic E-state index is 11.1. The Hall–Kier alpha value is -0.510. The molecule has 0 radical (unpaired) electrons. The lowest BCUT2D eigenvalue weighted by Crippen LogP contribution is -2.28. The second-order valence-corrected chi connectivity index (χ2v) is 1.03. The van der Waals surface area contributed by atoms with Gasteiger partial charge in [0, 0.05) is 0 Å². The van der Waals surface area contributed by atoms with Gasteiger partial charge in [-0.2, -0.15) is 8.78 Å². The molecule has 42 valence electrons. The second kappa shape index (κ2) is 1.54. The average Bonchev–Trinajstić information content (AvgIpc) is 1.31. The van der Waals surface area contributed by atoms with Crippen molar-refractivity contribution < 1.29 is 13.2 Å². The topological polar surface area (TPSA) is 26.0 Å². The molecule has 0 spiro atoms. The van der Waals surface area contributed by atoms with Crippen LogP contribution >= 0.6 is 0 Å². The number of halogens is 3. The monoisotopic (exact) mass is 111 g/mol. The number of alkyl halides is 2. The average molecular weight is 111 g/mol. The summed E-state index contributed by atoms with van der Waals surface area (Å²) in [6.07, 6.45) is 0. The highest BCUT2D eigenvalue weighted by Crippen LogP contribution is 2.14. The predicted molar refractivity (Wildman–Crippen MR) is 19.4 cm³/mol. The first-order valence-electron chi connectivity index (χ1n) is 1.46. The molecular weight excluding hydrogens is 107 g/mol. The molecule has 0 rings (SSSR count). The second-order valence-electron chi connectivity index (χ2n) is 1.03. The van der Waals surface area contributed by atoms with Gasteiger partial charge in [0.25, 0.3) is 0 Å². The molecule has 7 heavy (non-hydrogen) atoms. The molecule has 4 heteroatoms. The minimum atomic E-state index is -3.86. The van der Waals surface area contributed by atoms with Crippen molar-refractivity contribution in [3.05, 3.63) is 12.4 Å². The van der Waals surface area contributed by atoms with Crippen LogP contribution in [0.2, 0.25) is 0 Å². The Labute approximate surface area is 38.6 Å². The maximum absolute atomic E-state index is 11.1. The molecule has 0 aromatic rings. The van der Waals surface area contributed by atoms with Gasteiger partial charge in [-0.25, -0.2) is 4.39 Å². The standard InChI is InChI=1S/C3H4F3N/c1-2(4)3(5,6)7/h1,7H2. The molecular formula is C3H4F3N. The molecule has 0 fully saturated rings. The van der Waals surface area contributed by atoms with E-state index in [2.05, 4.69) is 12.3 Å². The largest absolute Gasteiger partial charge is 0.352 e. The molecule has 0 aliphatic rings. The van der Waals surface area contributed by atoms with E-state index in [9.17, 15) is 13.2 Å². The minimum Gasteiger partial charge on any atom is -0.266 e. The van der Waals surface area contributed by atoms with Crippen molar-refractivity contribution in [2.75, 3.05) is 0 Å². The zero-order valence-electron chi connectivity index (χ0n) is 3.42. The first kappa shape index (κ1) is 6.49. The Bertz CT molecular complexity index is 82.7. The van der Waals surface area contributed by atoms with Crippen LogP contribution in [0.25, 0.3) is 0 Å². The maximum Gasteiger partial charge on any atom is 0.352 e. The van der Waals surface area contributed by atoms with Crippen LogP contribution in [-0.4, -0.2) is 6.05 Å². The van der Waals surface area contributed by atoms with Gasteiger partial charge in [-0.3, -0.25) is 5.73 Å². The summed E-state index contributed by atoms with van der Waals surface area (Å²) in [5, 5.41) is 0. The Morgan fingerprint density at radius 2 is 1.71 bits per heavy atom. The lowest BCUT2D eigenvalue weighted by Gasteiger charge is -2.02. The highest BCUT2D eigenvalue weighted by Gasteiger charge is 2.26. The van der Waals surface area contributed by atoms with Gasteiger partial charge in [-0.05, 0) is 0 Å². The summed E-state index contributed by atoms with van der Waals surface area (Å²) in [7, 11) is 0. The third kappa shape index (κ3) is 2.22. The van der Waals surface area contributed by atoms with Gasteiger partial charge < -0.3 is 0 Å². The van der Waals surface area contributed by atoms with Gasteiger partial charge in [0.1, 0.15) is 0 Å². The van der Waals surface area contributed by atoms with Gasteiger partial charge in [0.2, 0.25) is 0 Å². The van der Waals surface area contributed by atoms with E-state index in [0.717, 1.165) is 0 Å². The molecule has 0 aliphatic heterocycles. The van der Waals surface area contributed by atoms with Crippen molar-refractivity contribution in [3.63, 3.8) is 0 Å². The van der Waals surface area contributed by atoms with E-state index in [1.54, 1.807) is 0 Å². The van der Waals surface area contributed by atoms with E-state index in [0.29, 0.717) is 0 Å². The molecule has 0 heterocycles. The van der Waals surface area contributed by atoms with Crippen LogP contribution < -0.4 is 5.73 Å². The predicted octanol–water partition coefficient (Wildman–Crippen LogP) is 1.02. The summed E-state index contributed by atoms with van der Waals surface area (Å²) in [5.74, 6) is -1.81. The van der Waals surface area contributed by atoms with Gasteiger partial charge in [0.15, 0.2) is 5.83 Å². The van der Waals surface area contributed by atoms with Crippen molar-refractivity contribution in [2.24, 2.45) is 5.73 Å². The SMILES string of the molecule is C=C(F)C(N)(F)F. The zero-order chi connectivity index (χ0) is 6.08. The summed E-state index contributed by atoms with van der Waals surface area (Å²) in [6.45, 7) is 2.28. The number of hydrogen-bond acceptors (Lipinski definition) is 1. The van der Waals surface area contributed by atoms with Gasteiger partial charge >= 0.3 is 6.05 Å². The molecule has 0 saturated carbocycles. The molecule has 0 aromatic heterocycles. The molecule has 0 bridgehead atoms. The fraction of sp³-hybridized carbons (Fsp3) is 0.333. The molecule has 0 unspecified atom stereocenters. The van der Waals surface area contributed by atoms with Gasteiger partial charge in [0.05, 0.1) is 0 Å². The van der Waals surface area contributed by atoms with Crippen molar-refractivity contribution in [1.82, 2.24) is 0 Å².